The molecule has 186 valence electrons. The Balaban J connectivity index is 1.21. The third-order valence-electron chi connectivity index (χ3n) is 6.45. The molecule has 0 aliphatic carbocycles. The van der Waals surface area contributed by atoms with E-state index in [1.165, 1.54) is 0 Å². The molecular weight excluding hydrogens is 454 g/mol. The van der Waals surface area contributed by atoms with E-state index in [0.29, 0.717) is 12.2 Å². The summed E-state index contributed by atoms with van der Waals surface area (Å²) in [6.07, 6.45) is 2.80. The molecule has 4 aromatic rings. The fourth-order valence-corrected chi connectivity index (χ4v) is 4.50. The van der Waals surface area contributed by atoms with Gasteiger partial charge in [0.05, 0.1) is 12.3 Å². The second-order valence-corrected chi connectivity index (χ2v) is 8.89. The summed E-state index contributed by atoms with van der Waals surface area (Å²) in [7, 11) is 0. The molecule has 1 aliphatic heterocycles. The van der Waals surface area contributed by atoms with E-state index in [1.807, 2.05) is 54.7 Å². The van der Waals surface area contributed by atoms with Crippen LogP contribution in [-0.4, -0.2) is 66.8 Å². The highest BCUT2D eigenvalue weighted by Crippen LogP contribution is 2.31. The van der Waals surface area contributed by atoms with E-state index in [9.17, 15) is 4.79 Å². The zero-order valence-electron chi connectivity index (χ0n) is 20.2. The van der Waals surface area contributed by atoms with Crippen LogP contribution in [0.3, 0.4) is 0 Å². The Kier molecular flexibility index (Phi) is 7.44. The minimum absolute atomic E-state index is 0.0637. The van der Waals surface area contributed by atoms with Gasteiger partial charge in [0.2, 0.25) is 0 Å². The molecule has 8 nitrogen and oxygen atoms in total. The SMILES string of the molecule is O=C(Nc1ccc(NCCO)cc1)c1cc2cccc(N3CCN(CCc4ccccn4)CC3)c2o1. The van der Waals surface area contributed by atoms with Gasteiger partial charge >= 0.3 is 0 Å². The van der Waals surface area contributed by atoms with Crippen molar-refractivity contribution in [3.63, 3.8) is 0 Å². The molecule has 0 bridgehead atoms. The normalized spacial score (nSPS) is 14.2. The second kappa shape index (κ2) is 11.2. The number of hydrogen-bond donors (Lipinski definition) is 3. The number of aliphatic hydroxyl groups is 1. The Hall–Kier alpha value is -3.88. The molecule has 2 aromatic carbocycles. The van der Waals surface area contributed by atoms with Gasteiger partial charge < -0.3 is 25.1 Å². The number of furan rings is 1. The van der Waals surface area contributed by atoms with Gasteiger partial charge in [-0.1, -0.05) is 18.2 Å². The summed E-state index contributed by atoms with van der Waals surface area (Å²) in [6, 6.07) is 21.3. The number of anilines is 3. The van der Waals surface area contributed by atoms with Crippen molar-refractivity contribution in [3.8, 4) is 0 Å². The number of carbonyl (C=O) groups is 1. The summed E-state index contributed by atoms with van der Waals surface area (Å²) in [5, 5.41) is 15.8. The number of rotatable bonds is 9. The summed E-state index contributed by atoms with van der Waals surface area (Å²) < 4.78 is 6.08. The number of piperazine rings is 1. The van der Waals surface area contributed by atoms with E-state index in [-0.39, 0.29) is 18.3 Å². The first kappa shape index (κ1) is 23.8. The monoisotopic (exact) mass is 485 g/mol. The highest BCUT2D eigenvalue weighted by Gasteiger charge is 2.21. The van der Waals surface area contributed by atoms with Gasteiger partial charge in [-0.3, -0.25) is 14.7 Å². The van der Waals surface area contributed by atoms with Crippen LogP contribution in [0, 0.1) is 0 Å². The standard InChI is InChI=1S/C28H31N5O3/c34-19-13-30-23-7-9-24(10-8-23)31-28(35)26-20-21-4-3-6-25(27(21)36-26)33-17-15-32(16-18-33)14-11-22-5-1-2-12-29-22/h1-10,12,20,30,34H,11,13-19H2,(H,31,35). The number of aromatic nitrogens is 1. The maximum absolute atomic E-state index is 12.9. The Labute approximate surface area is 210 Å². The highest BCUT2D eigenvalue weighted by atomic mass is 16.3. The number of nitrogens with zero attached hydrogens (tertiary/aromatic N) is 3. The van der Waals surface area contributed by atoms with E-state index in [4.69, 9.17) is 9.52 Å². The summed E-state index contributed by atoms with van der Waals surface area (Å²) >= 11 is 0. The van der Waals surface area contributed by atoms with Crippen LogP contribution in [-0.2, 0) is 6.42 Å². The molecule has 0 saturated carbocycles. The van der Waals surface area contributed by atoms with Crippen molar-refractivity contribution < 1.29 is 14.3 Å². The molecule has 1 fully saturated rings. The lowest BCUT2D eigenvalue weighted by molar-refractivity contribution is 0.0998. The summed E-state index contributed by atoms with van der Waals surface area (Å²) in [5.74, 6) is 0.00138. The largest absolute Gasteiger partial charge is 0.449 e. The fourth-order valence-electron chi connectivity index (χ4n) is 4.50. The maximum atomic E-state index is 12.9. The highest BCUT2D eigenvalue weighted by molar-refractivity contribution is 6.05. The van der Waals surface area contributed by atoms with Crippen LogP contribution in [0.5, 0.6) is 0 Å². The van der Waals surface area contributed by atoms with Crippen LogP contribution in [0.4, 0.5) is 17.1 Å². The lowest BCUT2D eigenvalue weighted by atomic mass is 10.2. The molecule has 8 heteroatoms. The third kappa shape index (κ3) is 5.67. The summed E-state index contributed by atoms with van der Waals surface area (Å²) in [6.45, 7) is 5.29. The first-order chi connectivity index (χ1) is 17.7. The van der Waals surface area contributed by atoms with Crippen molar-refractivity contribution >= 4 is 33.9 Å². The topological polar surface area (TPSA) is 93.9 Å². The predicted molar refractivity (Wildman–Crippen MR) is 143 cm³/mol. The molecular formula is C28H31N5O3. The number of pyridine rings is 1. The van der Waals surface area contributed by atoms with Gasteiger partial charge in [0.25, 0.3) is 5.91 Å². The van der Waals surface area contributed by atoms with Crippen molar-refractivity contribution in [2.75, 3.05) is 61.4 Å². The molecule has 36 heavy (non-hydrogen) atoms. The smallest absolute Gasteiger partial charge is 0.291 e. The molecule has 0 unspecified atom stereocenters. The number of aliphatic hydroxyl groups excluding tert-OH is 1. The first-order valence-electron chi connectivity index (χ1n) is 12.4. The third-order valence-corrected chi connectivity index (χ3v) is 6.45. The van der Waals surface area contributed by atoms with Gasteiger partial charge in [0.15, 0.2) is 11.3 Å². The zero-order valence-corrected chi connectivity index (χ0v) is 20.2. The number of para-hydroxylation sites is 1. The van der Waals surface area contributed by atoms with E-state index in [2.05, 4.69) is 37.6 Å². The molecule has 1 aliphatic rings. The van der Waals surface area contributed by atoms with E-state index in [0.717, 1.165) is 67.2 Å². The molecule has 0 spiro atoms. The van der Waals surface area contributed by atoms with Gasteiger partial charge in [0, 0.05) is 74.3 Å². The average Bonchev–Trinajstić information content (AvgIpc) is 3.37. The summed E-state index contributed by atoms with van der Waals surface area (Å²) in [5.41, 5.74) is 4.45. The molecule has 0 radical (unpaired) electrons. The molecule has 0 atom stereocenters. The number of amides is 1. The van der Waals surface area contributed by atoms with Gasteiger partial charge in [-0.25, -0.2) is 0 Å². The molecule has 1 saturated heterocycles. The van der Waals surface area contributed by atoms with E-state index >= 15 is 0 Å². The van der Waals surface area contributed by atoms with Crippen LogP contribution >= 0.6 is 0 Å². The van der Waals surface area contributed by atoms with Crippen LogP contribution in [0.25, 0.3) is 11.0 Å². The number of benzene rings is 2. The molecule has 3 N–H and O–H groups in total. The quantitative estimate of drug-likeness (QED) is 0.332. The van der Waals surface area contributed by atoms with Gasteiger partial charge in [-0.2, -0.15) is 0 Å². The Morgan fingerprint density at radius 1 is 0.972 bits per heavy atom. The molecule has 5 rings (SSSR count). The number of carbonyl (C=O) groups excluding carboxylic acids is 1. The number of fused-ring (bicyclic) bond motifs is 1. The van der Waals surface area contributed by atoms with E-state index < -0.39 is 0 Å². The Morgan fingerprint density at radius 3 is 2.53 bits per heavy atom. The Morgan fingerprint density at radius 2 is 1.78 bits per heavy atom. The van der Waals surface area contributed by atoms with Crippen molar-refractivity contribution in [2.24, 2.45) is 0 Å². The van der Waals surface area contributed by atoms with Crippen molar-refractivity contribution in [1.29, 1.82) is 0 Å². The van der Waals surface area contributed by atoms with Crippen molar-refractivity contribution in [2.45, 2.75) is 6.42 Å². The number of nitrogens with one attached hydrogen (secondary N) is 2. The van der Waals surface area contributed by atoms with Crippen molar-refractivity contribution in [1.82, 2.24) is 9.88 Å². The second-order valence-electron chi connectivity index (χ2n) is 8.89. The lowest BCUT2D eigenvalue weighted by Crippen LogP contribution is -2.47. The fraction of sp³-hybridized carbons (Fsp3) is 0.286. The molecule has 1 amide bonds. The lowest BCUT2D eigenvalue weighted by Gasteiger charge is -2.36. The number of hydrogen-bond acceptors (Lipinski definition) is 7. The van der Waals surface area contributed by atoms with Gasteiger partial charge in [0.1, 0.15) is 0 Å². The minimum Gasteiger partial charge on any atom is -0.449 e. The molecule has 2 aromatic heterocycles. The predicted octanol–water partition coefficient (Wildman–Crippen LogP) is 3.85. The van der Waals surface area contributed by atoms with Crippen molar-refractivity contribution in [3.05, 3.63) is 84.4 Å². The Bertz CT molecular complexity index is 1280. The van der Waals surface area contributed by atoms with Crippen LogP contribution in [0.2, 0.25) is 0 Å². The van der Waals surface area contributed by atoms with Crippen LogP contribution in [0.15, 0.2) is 77.3 Å². The minimum atomic E-state index is -0.285. The van der Waals surface area contributed by atoms with E-state index in [1.54, 1.807) is 6.07 Å². The zero-order chi connectivity index (χ0) is 24.7. The average molecular weight is 486 g/mol. The maximum Gasteiger partial charge on any atom is 0.291 e. The summed E-state index contributed by atoms with van der Waals surface area (Å²) in [4.78, 5) is 22.1. The molecule has 3 heterocycles. The van der Waals surface area contributed by atoms with Crippen LogP contribution in [0.1, 0.15) is 16.2 Å². The van der Waals surface area contributed by atoms with Gasteiger partial charge in [-0.05, 0) is 48.5 Å². The first-order valence-corrected chi connectivity index (χ1v) is 12.4. The van der Waals surface area contributed by atoms with Crippen LogP contribution < -0.4 is 15.5 Å². The van der Waals surface area contributed by atoms with Gasteiger partial charge in [-0.15, -0.1) is 0 Å².